The lowest BCUT2D eigenvalue weighted by atomic mass is 10.4. The highest BCUT2D eigenvalue weighted by molar-refractivity contribution is 7.60. The predicted octanol–water partition coefficient (Wildman–Crippen LogP) is -0.967. The first-order valence-corrected chi connectivity index (χ1v) is 5.35. The van der Waals surface area contributed by atoms with Crippen LogP contribution in [0, 0.1) is 0 Å². The topological polar surface area (TPSA) is 101 Å². The number of nitrogens with zero attached hydrogens (tertiary/aromatic N) is 2. The highest BCUT2D eigenvalue weighted by atomic mass is 31.2. The van der Waals surface area contributed by atoms with Gasteiger partial charge >= 0.3 is 7.60 Å². The number of hydrogen-bond acceptors (Lipinski definition) is 3. The Hall–Kier alpha value is -0.680. The van der Waals surface area contributed by atoms with Gasteiger partial charge in [0.1, 0.15) is 5.30 Å². The van der Waals surface area contributed by atoms with Crippen LogP contribution in [0.5, 0.6) is 0 Å². The highest BCUT2D eigenvalue weighted by Gasteiger charge is 2.19. The molecule has 1 heterocycles. The molecule has 0 aromatic carbocycles. The molecule has 1 aromatic rings. The van der Waals surface area contributed by atoms with Crippen molar-refractivity contribution in [3.8, 4) is 0 Å². The molecule has 74 valence electrons. The van der Waals surface area contributed by atoms with Crippen molar-refractivity contribution < 1.29 is 14.4 Å². The molecule has 1 unspecified atom stereocenters. The van der Waals surface area contributed by atoms with Gasteiger partial charge in [0.15, 0.2) is 0 Å². The van der Waals surface area contributed by atoms with E-state index >= 15 is 0 Å². The lowest BCUT2D eigenvalue weighted by molar-refractivity contribution is 0.387. The Morgan fingerprint density at radius 1 is 1.77 bits per heavy atom. The standard InChI is InChI=1S/C6H12N3O3P/c1-5(7)3-9-4-6(2-8-9)13(10,11)12/h2,4-5H,3,7H2,1H3,(H2,10,11,12). The molecule has 0 saturated heterocycles. The minimum atomic E-state index is -4.16. The zero-order chi connectivity index (χ0) is 10.1. The number of hydrogen-bond donors (Lipinski definition) is 3. The van der Waals surface area contributed by atoms with E-state index in [2.05, 4.69) is 5.10 Å². The zero-order valence-electron chi connectivity index (χ0n) is 7.16. The average Bonchev–Trinajstić information content (AvgIpc) is 2.32. The van der Waals surface area contributed by atoms with Crippen LogP contribution in [0.2, 0.25) is 0 Å². The van der Waals surface area contributed by atoms with Crippen LogP contribution >= 0.6 is 7.60 Å². The van der Waals surface area contributed by atoms with Gasteiger partial charge in [-0.1, -0.05) is 0 Å². The molecule has 0 aliphatic carbocycles. The fourth-order valence-corrected chi connectivity index (χ4v) is 1.38. The van der Waals surface area contributed by atoms with Gasteiger partial charge in [0, 0.05) is 12.2 Å². The first-order chi connectivity index (χ1) is 5.89. The fraction of sp³-hybridized carbons (Fsp3) is 0.500. The zero-order valence-corrected chi connectivity index (χ0v) is 8.06. The van der Waals surface area contributed by atoms with Crippen molar-refractivity contribution in [2.45, 2.75) is 19.5 Å². The number of nitrogens with two attached hydrogens (primary N) is 1. The monoisotopic (exact) mass is 205 g/mol. The second-order valence-corrected chi connectivity index (χ2v) is 4.55. The molecule has 0 aliphatic rings. The molecule has 0 radical (unpaired) electrons. The molecule has 0 amide bonds. The van der Waals surface area contributed by atoms with Crippen LogP contribution in [-0.4, -0.2) is 25.6 Å². The molecule has 1 atom stereocenters. The second-order valence-electron chi connectivity index (χ2n) is 2.94. The Kier molecular flexibility index (Phi) is 2.87. The molecule has 0 spiro atoms. The van der Waals surface area contributed by atoms with E-state index in [1.54, 1.807) is 6.92 Å². The third-order valence-electron chi connectivity index (χ3n) is 1.43. The Bertz CT molecular complexity index is 330. The van der Waals surface area contributed by atoms with E-state index in [-0.39, 0.29) is 11.3 Å². The van der Waals surface area contributed by atoms with Gasteiger partial charge in [0.25, 0.3) is 0 Å². The van der Waals surface area contributed by atoms with E-state index in [4.69, 9.17) is 15.5 Å². The summed E-state index contributed by atoms with van der Waals surface area (Å²) in [5, 5.41) is 3.69. The number of rotatable bonds is 3. The summed E-state index contributed by atoms with van der Waals surface area (Å²) in [5.74, 6) is 0. The molecule has 4 N–H and O–H groups in total. The van der Waals surface area contributed by atoms with Gasteiger partial charge < -0.3 is 15.5 Å². The molecule has 7 heteroatoms. The van der Waals surface area contributed by atoms with Gasteiger partial charge in [0.05, 0.1) is 12.7 Å². The normalized spacial score (nSPS) is 14.5. The SMILES string of the molecule is CC(N)Cn1cc(P(=O)(O)O)cn1. The summed E-state index contributed by atoms with van der Waals surface area (Å²) in [4.78, 5) is 17.5. The summed E-state index contributed by atoms with van der Waals surface area (Å²) in [6, 6.07) is -0.0930. The van der Waals surface area contributed by atoms with Crippen LogP contribution in [0.15, 0.2) is 12.4 Å². The maximum absolute atomic E-state index is 10.7. The van der Waals surface area contributed by atoms with Gasteiger partial charge in [-0.25, -0.2) is 0 Å². The van der Waals surface area contributed by atoms with Gasteiger partial charge in [-0.3, -0.25) is 9.25 Å². The summed E-state index contributed by atoms with van der Waals surface area (Å²) in [7, 11) is -4.16. The fourth-order valence-electron chi connectivity index (χ4n) is 0.898. The summed E-state index contributed by atoms with van der Waals surface area (Å²) in [6.07, 6.45) is 2.47. The second kappa shape index (κ2) is 3.59. The van der Waals surface area contributed by atoms with Gasteiger partial charge in [-0.2, -0.15) is 5.10 Å². The van der Waals surface area contributed by atoms with Gasteiger partial charge in [-0.15, -0.1) is 0 Å². The molecular formula is C6H12N3O3P. The van der Waals surface area contributed by atoms with Crippen molar-refractivity contribution in [2.75, 3.05) is 0 Å². The third-order valence-corrected chi connectivity index (χ3v) is 2.33. The quantitative estimate of drug-likeness (QED) is 0.551. The summed E-state index contributed by atoms with van der Waals surface area (Å²) < 4.78 is 12.2. The lowest BCUT2D eigenvalue weighted by Crippen LogP contribution is -2.22. The van der Waals surface area contributed by atoms with Crippen LogP contribution in [0.4, 0.5) is 0 Å². The Morgan fingerprint density at radius 2 is 2.38 bits per heavy atom. The van der Waals surface area contributed by atoms with Crippen molar-refractivity contribution >= 4 is 12.9 Å². The third kappa shape index (κ3) is 2.93. The minimum Gasteiger partial charge on any atom is -0.326 e. The number of aromatic nitrogens is 2. The largest absolute Gasteiger partial charge is 0.359 e. The maximum atomic E-state index is 10.7. The van der Waals surface area contributed by atoms with E-state index in [1.807, 2.05) is 0 Å². The Labute approximate surface area is 75.5 Å². The van der Waals surface area contributed by atoms with E-state index in [9.17, 15) is 4.57 Å². The Morgan fingerprint density at radius 3 is 2.77 bits per heavy atom. The van der Waals surface area contributed by atoms with Gasteiger partial charge in [0.2, 0.25) is 0 Å². The van der Waals surface area contributed by atoms with Crippen LogP contribution in [0.1, 0.15) is 6.92 Å². The van der Waals surface area contributed by atoms with Crippen LogP contribution in [-0.2, 0) is 11.1 Å². The van der Waals surface area contributed by atoms with Gasteiger partial charge in [-0.05, 0) is 6.92 Å². The maximum Gasteiger partial charge on any atom is 0.359 e. The summed E-state index contributed by atoms with van der Waals surface area (Å²) >= 11 is 0. The van der Waals surface area contributed by atoms with E-state index in [0.29, 0.717) is 6.54 Å². The molecule has 0 saturated carbocycles. The van der Waals surface area contributed by atoms with E-state index < -0.39 is 7.60 Å². The molecule has 0 bridgehead atoms. The first kappa shape index (κ1) is 10.4. The minimum absolute atomic E-state index is 0.0758. The molecule has 13 heavy (non-hydrogen) atoms. The molecule has 0 fully saturated rings. The average molecular weight is 205 g/mol. The van der Waals surface area contributed by atoms with Crippen molar-refractivity contribution in [2.24, 2.45) is 5.73 Å². The molecule has 1 aromatic heterocycles. The Balaban J connectivity index is 2.81. The highest BCUT2D eigenvalue weighted by Crippen LogP contribution is 2.32. The van der Waals surface area contributed by atoms with Crippen molar-refractivity contribution in [1.29, 1.82) is 0 Å². The smallest absolute Gasteiger partial charge is 0.326 e. The van der Waals surface area contributed by atoms with Crippen molar-refractivity contribution in [3.05, 3.63) is 12.4 Å². The van der Waals surface area contributed by atoms with Crippen molar-refractivity contribution in [1.82, 2.24) is 9.78 Å². The summed E-state index contributed by atoms with van der Waals surface area (Å²) in [5.41, 5.74) is 5.49. The predicted molar refractivity (Wildman–Crippen MR) is 47.6 cm³/mol. The molecule has 1 rings (SSSR count). The molecule has 6 nitrogen and oxygen atoms in total. The molecule has 0 aliphatic heterocycles. The lowest BCUT2D eigenvalue weighted by Gasteiger charge is -2.03. The summed E-state index contributed by atoms with van der Waals surface area (Å²) in [6.45, 7) is 2.23. The van der Waals surface area contributed by atoms with Crippen LogP contribution in [0.3, 0.4) is 0 Å². The molecular weight excluding hydrogens is 193 g/mol. The van der Waals surface area contributed by atoms with Crippen LogP contribution < -0.4 is 11.0 Å². The van der Waals surface area contributed by atoms with E-state index in [1.165, 1.54) is 10.9 Å². The van der Waals surface area contributed by atoms with Crippen molar-refractivity contribution in [3.63, 3.8) is 0 Å². The first-order valence-electron chi connectivity index (χ1n) is 3.74. The van der Waals surface area contributed by atoms with E-state index in [0.717, 1.165) is 6.20 Å². The van der Waals surface area contributed by atoms with Crippen LogP contribution in [0.25, 0.3) is 0 Å².